The summed E-state index contributed by atoms with van der Waals surface area (Å²) in [6.45, 7) is -0.244. The maximum Gasteiger partial charge on any atom is 1.00 e. The van der Waals surface area contributed by atoms with E-state index in [1.165, 1.54) is 18.3 Å². The van der Waals surface area contributed by atoms with Crippen LogP contribution in [0.5, 0.6) is 0 Å². The molecular weight excluding hydrogens is 1520 g/mol. The Balaban J connectivity index is 0.000000312. The van der Waals surface area contributed by atoms with Crippen LogP contribution in [0, 0.1) is 17.5 Å². The normalized spacial score (nSPS) is 13.7. The van der Waals surface area contributed by atoms with E-state index in [-0.39, 0.29) is 82.1 Å². The van der Waals surface area contributed by atoms with Crippen molar-refractivity contribution in [2.45, 2.75) is 134 Å². The van der Waals surface area contributed by atoms with E-state index in [0.717, 1.165) is 106 Å². The van der Waals surface area contributed by atoms with E-state index >= 15 is 0 Å². The minimum absolute atomic E-state index is 0. The summed E-state index contributed by atoms with van der Waals surface area (Å²) in [6.07, 6.45) is -4.45. The van der Waals surface area contributed by atoms with Crippen LogP contribution < -0.4 is 24.6 Å². The van der Waals surface area contributed by atoms with Crippen LogP contribution in [0.4, 0.5) is 65.9 Å². The van der Waals surface area contributed by atoms with Crippen molar-refractivity contribution in [1.29, 1.82) is 0 Å². The summed E-state index contributed by atoms with van der Waals surface area (Å²) in [5.41, 5.74) is 4.51. The molecule has 0 aliphatic heterocycles. The molecule has 0 unspecified atom stereocenters. The number of hydrogen-bond donors (Lipinski definition) is 5. The van der Waals surface area contributed by atoms with E-state index in [1.807, 2.05) is 18.2 Å². The molecule has 1 atom stereocenters. The molecule has 5 heterocycles. The van der Waals surface area contributed by atoms with Crippen molar-refractivity contribution >= 4 is 79.7 Å². The molecule has 0 radical (unpaired) electrons. The molecule has 7 N–H and O–H groups in total. The fourth-order valence-electron chi connectivity index (χ4n) is 10.1. The van der Waals surface area contributed by atoms with Crippen molar-refractivity contribution in [2.24, 2.45) is 5.73 Å². The standard InChI is InChI=1S/C32H26F6N4O2.C11H11F3N2O2.C8H8BrF3N2O2.C6H4BrF3N2O2.C5H9BO2.Li.H2O/c33-22-11-18(12-23(34)15-22)10-21(30-25(6-3-9-40-30)20-7-8-27(35)26(14-20)31(39)44)13-24(43)17-42-28(19-4-1-2-5-19)16-29(41-42)32(36,37)38;12-11(13,14)9-5-8(7-3-1-2-4-7)16(15-9)6-10(17)18;1-2-16-7(15)4-14-6(9)3-5(13-14)8(10,11)12;7-4-1-3(6(8,9)10)11-12(4)2-5(13)14;7-6(8)5-3-1-2-4-5;;/h3-4,6-9,11-12,14-16,21H,1-2,5,10,13,17H2,(H2,39,44);3,5H,1-2,4,6H2,(H,17,18);3H,2,4H2,1H3;1H,2H2,(H,13,14);3,7-8H,1-2,4H2;;1H2/q;;;;;+1;/p-1/t21-;;;;;;/m1....../s1. The van der Waals surface area contributed by atoms with Crippen LogP contribution in [0.3, 0.4) is 0 Å². The topological polar surface area (TPSA) is 316 Å². The first kappa shape index (κ1) is 86.1. The van der Waals surface area contributed by atoms with Crippen LogP contribution in [-0.2, 0) is 81.2 Å². The van der Waals surface area contributed by atoms with Gasteiger partial charge in [0.15, 0.2) is 28.6 Å². The predicted molar refractivity (Wildman–Crippen MR) is 335 cm³/mol. The first-order valence-corrected chi connectivity index (χ1v) is 31.3. The van der Waals surface area contributed by atoms with E-state index in [1.54, 1.807) is 19.1 Å². The number of carbonyl (C=O) groups is 5. The zero-order valence-electron chi connectivity index (χ0n) is 53.4. The Morgan fingerprint density at radius 2 is 1.06 bits per heavy atom. The number of carbonyl (C=O) groups excluding carboxylic acids is 3. The molecule has 0 bridgehead atoms. The summed E-state index contributed by atoms with van der Waals surface area (Å²) < 4.78 is 202. The van der Waals surface area contributed by atoms with E-state index in [9.17, 15) is 89.8 Å². The number of hydrogen-bond acceptors (Lipinski definition) is 14. The zero-order valence-corrected chi connectivity index (χ0v) is 56.6. The van der Waals surface area contributed by atoms with Crippen molar-refractivity contribution in [3.63, 3.8) is 0 Å². The van der Waals surface area contributed by atoms with Crippen LogP contribution in [0.15, 0.2) is 112 Å². The number of ketones is 1. The smallest absolute Gasteiger partial charge is 0.870 e. The van der Waals surface area contributed by atoms with Gasteiger partial charge in [-0.2, -0.15) is 73.1 Å². The summed E-state index contributed by atoms with van der Waals surface area (Å²) in [6, 6.07) is 13.2. The second kappa shape index (κ2) is 37.7. The summed E-state index contributed by atoms with van der Waals surface area (Å²) in [5.74, 6) is -7.94. The molecule has 2 aromatic carbocycles. The third kappa shape index (κ3) is 25.6. The van der Waals surface area contributed by atoms with Gasteiger partial charge in [-0.15, -0.1) is 0 Å². The number of esters is 1. The van der Waals surface area contributed by atoms with Gasteiger partial charge in [-0.3, -0.25) is 38.3 Å². The second-order valence-corrected chi connectivity index (χ2v) is 23.6. The van der Waals surface area contributed by atoms with Gasteiger partial charge >= 0.3 is 68.6 Å². The van der Waals surface area contributed by atoms with E-state index in [2.05, 4.69) is 62.0 Å². The number of aliphatic carboxylic acids is 2. The second-order valence-electron chi connectivity index (χ2n) is 22.0. The third-order valence-corrected chi connectivity index (χ3v) is 15.7. The number of nitrogens with two attached hydrogens (primary N) is 1. The van der Waals surface area contributed by atoms with Gasteiger partial charge < -0.3 is 36.2 Å². The number of ether oxygens (including phenoxy) is 1. The number of benzene rings is 2. The number of rotatable bonds is 19. The average Bonchev–Trinajstić information content (AvgIpc) is 1.16. The van der Waals surface area contributed by atoms with Gasteiger partial charge in [0.25, 0.3) is 5.91 Å². The molecule has 7 aromatic rings. The summed E-state index contributed by atoms with van der Waals surface area (Å²) in [5, 5.41) is 47.5. The minimum Gasteiger partial charge on any atom is -0.870 e. The van der Waals surface area contributed by atoms with Crippen molar-refractivity contribution in [3.05, 3.63) is 180 Å². The number of Topliss-reactive ketones (excluding diaryl/α,β-unsaturated/α-hetero) is 1. The number of carboxylic acids is 2. The number of pyridine rings is 1. The van der Waals surface area contributed by atoms with Gasteiger partial charge in [0.2, 0.25) is 0 Å². The van der Waals surface area contributed by atoms with Crippen LogP contribution in [0.25, 0.3) is 22.3 Å². The Bertz CT molecular complexity index is 4150. The van der Waals surface area contributed by atoms with Gasteiger partial charge in [0, 0.05) is 42.3 Å². The van der Waals surface area contributed by atoms with Crippen molar-refractivity contribution < 1.29 is 139 Å². The molecule has 0 saturated carbocycles. The number of nitrogens with zero attached hydrogens (tertiary/aromatic N) is 9. The predicted octanol–water partition coefficient (Wildman–Crippen LogP) is 10.5. The van der Waals surface area contributed by atoms with E-state index < -0.39 is 127 Å². The van der Waals surface area contributed by atoms with Crippen molar-refractivity contribution in [1.82, 2.24) is 44.1 Å². The van der Waals surface area contributed by atoms with E-state index in [0.29, 0.717) is 52.4 Å². The number of amides is 1. The summed E-state index contributed by atoms with van der Waals surface area (Å²) >= 11 is 5.66. The van der Waals surface area contributed by atoms with Crippen molar-refractivity contribution in [3.8, 4) is 11.1 Å². The first-order chi connectivity index (χ1) is 46.7. The molecule has 3 aliphatic rings. The number of primary amides is 1. The molecule has 21 nitrogen and oxygen atoms in total. The molecule has 5 aromatic heterocycles. The zero-order chi connectivity index (χ0) is 74.2. The fourth-order valence-corrected chi connectivity index (χ4v) is 11.0. The number of aromatic nitrogens is 9. The molecule has 40 heteroatoms. The quantitative estimate of drug-likeness (QED) is 0.0285. The Labute approximate surface area is 598 Å². The average molecular weight is 1580 g/mol. The molecule has 10 rings (SSSR count). The number of carboxylic acid groups (broad SMARTS) is 2. The Kier molecular flexibility index (Phi) is 31.8. The minimum atomic E-state index is -4.71. The van der Waals surface area contributed by atoms with Gasteiger partial charge in [0.1, 0.15) is 52.8 Å². The maximum atomic E-state index is 14.2. The van der Waals surface area contributed by atoms with Crippen molar-refractivity contribution in [2.75, 3.05) is 6.61 Å². The first-order valence-electron chi connectivity index (χ1n) is 29.7. The molecule has 0 fully saturated rings. The Hall–Kier alpha value is -8.35. The molecular formula is C62H59BBr2F15LiN10O11. The van der Waals surface area contributed by atoms with E-state index in [4.69, 9.17) is 26.0 Å². The SMILES string of the molecule is CCOC(=O)Cn1nc(C(F)(F)F)cc1Br.NC(=O)c1cc(-c2cccnc2[C@@H](CC(=O)Cn2nc(C(F)(F)F)cc2C2=CCCC2)Cc2cc(F)cc(F)c2)ccc1F.O=C(O)Cn1nc(C(F)(F)F)cc1Br.O=C(O)Cn1nc(C(F)(F)F)cc1C1=CCCC1.OB(O)C1=CCCC1.[Li+].[OH-]. The van der Waals surface area contributed by atoms with Crippen LogP contribution in [0.2, 0.25) is 0 Å². The van der Waals surface area contributed by atoms with Crippen LogP contribution in [-0.4, -0.2) is 113 Å². The largest absolute Gasteiger partial charge is 1.00 e. The fraction of sp³-hybridized carbons (Fsp3) is 0.355. The Morgan fingerprint density at radius 3 is 1.47 bits per heavy atom. The van der Waals surface area contributed by atoms with Gasteiger partial charge in [0.05, 0.1) is 29.3 Å². The number of halogens is 17. The van der Waals surface area contributed by atoms with Gasteiger partial charge in [-0.05, 0) is 173 Å². The molecule has 102 heavy (non-hydrogen) atoms. The molecule has 1 amide bonds. The van der Waals surface area contributed by atoms with Crippen LogP contribution in [0.1, 0.15) is 133 Å². The third-order valence-electron chi connectivity index (χ3n) is 14.5. The molecule has 3 aliphatic carbocycles. The molecule has 0 saturated heterocycles. The Morgan fingerprint density at radius 1 is 0.608 bits per heavy atom. The molecule has 0 spiro atoms. The maximum absolute atomic E-state index is 14.2. The summed E-state index contributed by atoms with van der Waals surface area (Å²) in [7, 11) is -1.20. The molecule has 546 valence electrons. The van der Waals surface area contributed by atoms with Crippen LogP contribution >= 0.6 is 31.9 Å². The van der Waals surface area contributed by atoms with Gasteiger partial charge in [-0.25, -0.2) is 22.5 Å². The number of alkyl halides is 12. The monoisotopic (exact) mass is 1580 g/mol. The number of allylic oxidation sites excluding steroid dienone is 6. The van der Waals surface area contributed by atoms with Gasteiger partial charge in [-0.1, -0.05) is 30.4 Å². The summed E-state index contributed by atoms with van der Waals surface area (Å²) in [4.78, 5) is 61.7.